The smallest absolute Gasteiger partial charge is 0.274 e. The highest BCUT2D eigenvalue weighted by Crippen LogP contribution is 2.28. The van der Waals surface area contributed by atoms with Crippen molar-refractivity contribution in [1.82, 2.24) is 30.1 Å². The van der Waals surface area contributed by atoms with Gasteiger partial charge in [-0.1, -0.05) is 11.6 Å². The second kappa shape index (κ2) is 8.44. The van der Waals surface area contributed by atoms with Gasteiger partial charge in [0.2, 0.25) is 0 Å². The van der Waals surface area contributed by atoms with Crippen molar-refractivity contribution in [2.24, 2.45) is 0 Å². The molecule has 152 valence electrons. The van der Waals surface area contributed by atoms with Gasteiger partial charge in [-0.3, -0.25) is 9.80 Å². The molecule has 0 fully saturated rings. The summed E-state index contributed by atoms with van der Waals surface area (Å²) < 4.78 is 1.90. The Labute approximate surface area is 186 Å². The molecule has 2 aromatic rings. The van der Waals surface area contributed by atoms with Crippen LogP contribution in [0.5, 0.6) is 0 Å². The van der Waals surface area contributed by atoms with Crippen LogP contribution in [0.4, 0.5) is 0 Å². The molecule has 0 unspecified atom stereocenters. The number of nitriles is 1. The average molecular weight is 487 g/mol. The molecule has 2 aliphatic rings. The lowest BCUT2D eigenvalue weighted by molar-refractivity contribution is 0.0910. The van der Waals surface area contributed by atoms with Crippen molar-refractivity contribution in [3.05, 3.63) is 75.0 Å². The normalized spacial score (nSPS) is 15.8. The topological polar surface area (TPSA) is 90.1 Å². The van der Waals surface area contributed by atoms with Gasteiger partial charge >= 0.3 is 0 Å². The standard InChI is InChI=1S/C20H17BrClN7O/c1-13-10-14-5-9-27(8-3-6-23)28(14)12-16(13)25-20(30)17-11-18(21)26-29(17)19-15(22)4-2-7-24-19/h2,4-5,7,10-12H,3,8-9H2,1H3,(H,25,30). The lowest BCUT2D eigenvalue weighted by atomic mass is 10.1. The molecule has 0 aliphatic carbocycles. The third-order valence-electron chi connectivity index (χ3n) is 4.70. The Morgan fingerprint density at radius 3 is 3.07 bits per heavy atom. The van der Waals surface area contributed by atoms with Gasteiger partial charge in [0.25, 0.3) is 5.91 Å². The quantitative estimate of drug-likeness (QED) is 0.695. The SMILES string of the molecule is CC1=CC2=CCN(CCC#N)N2C=C1NC(=O)c1cc(Br)nn1-c1ncccc1Cl. The minimum absolute atomic E-state index is 0.292. The second-order valence-corrected chi connectivity index (χ2v) is 7.91. The Bertz CT molecular complexity index is 1140. The summed E-state index contributed by atoms with van der Waals surface area (Å²) in [6.45, 7) is 3.26. The third-order valence-corrected chi connectivity index (χ3v) is 5.39. The number of nitrogens with one attached hydrogen (secondary N) is 1. The fourth-order valence-electron chi connectivity index (χ4n) is 3.25. The van der Waals surface area contributed by atoms with Crippen molar-refractivity contribution in [3.63, 3.8) is 0 Å². The summed E-state index contributed by atoms with van der Waals surface area (Å²) in [5.41, 5.74) is 2.91. The average Bonchev–Trinajstić information content (AvgIpc) is 3.30. The van der Waals surface area contributed by atoms with E-state index >= 15 is 0 Å². The van der Waals surface area contributed by atoms with Crippen LogP contribution in [0.3, 0.4) is 0 Å². The van der Waals surface area contributed by atoms with E-state index in [0.29, 0.717) is 39.8 Å². The number of fused-ring (bicyclic) bond motifs is 1. The van der Waals surface area contributed by atoms with Crippen molar-refractivity contribution in [1.29, 1.82) is 5.26 Å². The Morgan fingerprint density at radius 2 is 2.30 bits per heavy atom. The van der Waals surface area contributed by atoms with Crippen LogP contribution in [-0.4, -0.2) is 43.8 Å². The van der Waals surface area contributed by atoms with Crippen molar-refractivity contribution in [3.8, 4) is 11.9 Å². The maximum Gasteiger partial charge on any atom is 0.274 e. The largest absolute Gasteiger partial charge is 0.319 e. The van der Waals surface area contributed by atoms with E-state index in [-0.39, 0.29) is 5.91 Å². The molecule has 4 rings (SSSR count). The fraction of sp³-hybridized carbons (Fsp3) is 0.200. The first-order valence-electron chi connectivity index (χ1n) is 9.17. The van der Waals surface area contributed by atoms with E-state index in [1.807, 2.05) is 29.2 Å². The van der Waals surface area contributed by atoms with Gasteiger partial charge in [0.15, 0.2) is 5.82 Å². The molecule has 0 atom stereocenters. The van der Waals surface area contributed by atoms with Gasteiger partial charge in [-0.25, -0.2) is 14.7 Å². The number of hydrogen-bond donors (Lipinski definition) is 1. The summed E-state index contributed by atoms with van der Waals surface area (Å²) in [5, 5.41) is 20.5. The van der Waals surface area contributed by atoms with Crippen LogP contribution >= 0.6 is 27.5 Å². The first-order valence-corrected chi connectivity index (χ1v) is 10.3. The molecule has 0 saturated carbocycles. The van der Waals surface area contributed by atoms with Crippen LogP contribution < -0.4 is 5.32 Å². The molecule has 0 spiro atoms. The first kappa shape index (κ1) is 20.3. The van der Waals surface area contributed by atoms with Gasteiger partial charge in [0.05, 0.1) is 22.5 Å². The minimum Gasteiger partial charge on any atom is -0.319 e. The number of hydrazine groups is 1. The number of rotatable bonds is 5. The summed E-state index contributed by atoms with van der Waals surface area (Å²) in [4.78, 5) is 17.3. The highest BCUT2D eigenvalue weighted by molar-refractivity contribution is 9.10. The highest BCUT2D eigenvalue weighted by atomic mass is 79.9. The number of hydrogen-bond acceptors (Lipinski definition) is 6. The van der Waals surface area contributed by atoms with Gasteiger partial charge < -0.3 is 5.32 Å². The van der Waals surface area contributed by atoms with Gasteiger partial charge in [0.1, 0.15) is 10.3 Å². The molecule has 10 heteroatoms. The van der Waals surface area contributed by atoms with Crippen LogP contribution in [0, 0.1) is 11.3 Å². The summed E-state index contributed by atoms with van der Waals surface area (Å²) in [5.74, 6) is 0.0245. The van der Waals surface area contributed by atoms with E-state index in [1.54, 1.807) is 24.4 Å². The minimum atomic E-state index is -0.343. The summed E-state index contributed by atoms with van der Waals surface area (Å²) in [6.07, 6.45) is 7.98. The number of halogens is 2. The van der Waals surface area contributed by atoms with Gasteiger partial charge in [-0.15, -0.1) is 0 Å². The predicted molar refractivity (Wildman–Crippen MR) is 115 cm³/mol. The highest BCUT2D eigenvalue weighted by Gasteiger charge is 2.26. The molecule has 4 heterocycles. The van der Waals surface area contributed by atoms with E-state index in [0.717, 1.165) is 17.8 Å². The van der Waals surface area contributed by atoms with Crippen LogP contribution in [0.1, 0.15) is 23.8 Å². The van der Waals surface area contributed by atoms with Gasteiger partial charge in [-0.2, -0.15) is 10.4 Å². The van der Waals surface area contributed by atoms with Gasteiger partial charge in [-0.05, 0) is 52.7 Å². The van der Waals surface area contributed by atoms with Crippen LogP contribution in [0.2, 0.25) is 5.02 Å². The summed E-state index contributed by atoms with van der Waals surface area (Å²) in [7, 11) is 0. The molecule has 0 bridgehead atoms. The third kappa shape index (κ3) is 3.89. The first-order chi connectivity index (χ1) is 14.5. The molecule has 8 nitrogen and oxygen atoms in total. The number of amides is 1. The maximum absolute atomic E-state index is 13.1. The Hall–Kier alpha value is -2.93. The van der Waals surface area contributed by atoms with E-state index in [2.05, 4.69) is 43.5 Å². The second-order valence-electron chi connectivity index (χ2n) is 6.69. The molecule has 2 aliphatic heterocycles. The van der Waals surface area contributed by atoms with Crippen molar-refractivity contribution in [2.75, 3.05) is 13.1 Å². The maximum atomic E-state index is 13.1. The van der Waals surface area contributed by atoms with Crippen molar-refractivity contribution >= 4 is 33.4 Å². The molecule has 2 aromatic heterocycles. The van der Waals surface area contributed by atoms with E-state index in [1.165, 1.54) is 4.68 Å². The van der Waals surface area contributed by atoms with E-state index in [4.69, 9.17) is 16.9 Å². The van der Waals surface area contributed by atoms with Crippen molar-refractivity contribution < 1.29 is 4.79 Å². The summed E-state index contributed by atoms with van der Waals surface area (Å²) in [6, 6.07) is 7.18. The van der Waals surface area contributed by atoms with Crippen LogP contribution in [0.25, 0.3) is 5.82 Å². The molecule has 0 saturated heterocycles. The number of allylic oxidation sites excluding steroid dienone is 2. The molecule has 0 aromatic carbocycles. The zero-order valence-corrected chi connectivity index (χ0v) is 18.4. The molecule has 1 amide bonds. The molecule has 30 heavy (non-hydrogen) atoms. The predicted octanol–water partition coefficient (Wildman–Crippen LogP) is 3.54. The Balaban J connectivity index is 1.60. The number of carbonyl (C=O) groups excluding carboxylic acids is 1. The van der Waals surface area contributed by atoms with Crippen LogP contribution in [-0.2, 0) is 0 Å². The lowest BCUT2D eigenvalue weighted by Crippen LogP contribution is -2.37. The van der Waals surface area contributed by atoms with E-state index < -0.39 is 0 Å². The lowest BCUT2D eigenvalue weighted by Gasteiger charge is -2.31. The Morgan fingerprint density at radius 1 is 1.47 bits per heavy atom. The molecule has 1 N–H and O–H groups in total. The molecular formula is C20H17BrClN7O. The van der Waals surface area contributed by atoms with Crippen LogP contribution in [0.15, 0.2) is 64.3 Å². The number of nitrogens with zero attached hydrogens (tertiary/aromatic N) is 6. The number of pyridine rings is 1. The number of carbonyl (C=O) groups is 1. The fourth-order valence-corrected chi connectivity index (χ4v) is 3.83. The zero-order chi connectivity index (χ0) is 21.3. The van der Waals surface area contributed by atoms with Gasteiger partial charge in [0, 0.05) is 38.0 Å². The molecule has 0 radical (unpaired) electrons. The van der Waals surface area contributed by atoms with Crippen molar-refractivity contribution in [2.45, 2.75) is 13.3 Å². The number of aromatic nitrogens is 3. The monoisotopic (exact) mass is 485 g/mol. The van der Waals surface area contributed by atoms with E-state index in [9.17, 15) is 4.79 Å². The Kier molecular flexibility index (Phi) is 5.72. The summed E-state index contributed by atoms with van der Waals surface area (Å²) >= 11 is 9.57. The zero-order valence-electron chi connectivity index (χ0n) is 16.0. The molecular weight excluding hydrogens is 470 g/mol.